The summed E-state index contributed by atoms with van der Waals surface area (Å²) in [7, 11) is -2.65. The third kappa shape index (κ3) is 2.49. The zero-order valence-corrected chi connectivity index (χ0v) is 10.9. The summed E-state index contributed by atoms with van der Waals surface area (Å²) in [5.74, 6) is -2.28. The molecule has 102 valence electrons. The number of carboxylic acid groups (broad SMARTS) is 1. The predicted molar refractivity (Wildman–Crippen MR) is 65.7 cm³/mol. The Balaban J connectivity index is 2.12. The SMILES string of the molecule is O=C(C=S(=O)=O)NC1C(=O)N2C(C(=O)O)=CCS[C@H]12. The zero-order chi connectivity index (χ0) is 14.2. The maximum absolute atomic E-state index is 11.8. The Morgan fingerprint density at radius 3 is 2.79 bits per heavy atom. The van der Waals surface area contributed by atoms with Crippen LogP contribution >= 0.6 is 11.8 Å². The number of nitrogens with zero attached hydrogens (tertiary/aromatic N) is 1. The quantitative estimate of drug-likeness (QED) is 0.458. The van der Waals surface area contributed by atoms with Crippen molar-refractivity contribution in [2.45, 2.75) is 11.4 Å². The number of fused-ring (bicyclic) bond motifs is 1. The number of carbonyl (C=O) groups is 3. The van der Waals surface area contributed by atoms with Crippen molar-refractivity contribution in [3.8, 4) is 0 Å². The van der Waals surface area contributed by atoms with Crippen LogP contribution in [0.3, 0.4) is 0 Å². The van der Waals surface area contributed by atoms with Gasteiger partial charge in [-0.25, -0.2) is 4.79 Å². The van der Waals surface area contributed by atoms with Crippen LogP contribution in [0.15, 0.2) is 11.8 Å². The Kier molecular flexibility index (Phi) is 3.62. The average Bonchev–Trinajstić information content (AvgIpc) is 2.33. The first-order valence-corrected chi connectivity index (χ1v) is 7.22. The highest BCUT2D eigenvalue weighted by atomic mass is 32.2. The third-order valence-electron chi connectivity index (χ3n) is 2.57. The summed E-state index contributed by atoms with van der Waals surface area (Å²) in [6, 6.07) is -0.902. The molecule has 10 heteroatoms. The minimum Gasteiger partial charge on any atom is -0.477 e. The van der Waals surface area contributed by atoms with Crippen LogP contribution in [0, 0.1) is 0 Å². The molecule has 2 aliphatic rings. The van der Waals surface area contributed by atoms with Gasteiger partial charge in [0.05, 0.1) is 0 Å². The van der Waals surface area contributed by atoms with Gasteiger partial charge in [-0.3, -0.25) is 14.5 Å². The normalized spacial score (nSPS) is 24.7. The van der Waals surface area contributed by atoms with Crippen molar-refractivity contribution in [3.63, 3.8) is 0 Å². The van der Waals surface area contributed by atoms with Crippen LogP contribution in [-0.2, 0) is 24.7 Å². The summed E-state index contributed by atoms with van der Waals surface area (Å²) >= 11 is 1.29. The van der Waals surface area contributed by atoms with Crippen molar-refractivity contribution in [1.82, 2.24) is 10.2 Å². The summed E-state index contributed by atoms with van der Waals surface area (Å²) in [4.78, 5) is 35.0. The third-order valence-corrected chi connectivity index (χ3v) is 4.16. The van der Waals surface area contributed by atoms with Gasteiger partial charge in [0.15, 0.2) is 0 Å². The standard InChI is InChI=1S/C9H8N2O6S2/c12-5(3-19(16)17)10-6-7(13)11-4(9(14)15)1-2-18-8(6)11/h1,3,6,8H,2H2,(H,10,12)(H,14,15)/t6?,8-/m1/s1. The predicted octanol–water partition coefficient (Wildman–Crippen LogP) is -1.96. The molecule has 0 aliphatic carbocycles. The van der Waals surface area contributed by atoms with Crippen molar-refractivity contribution in [2.75, 3.05) is 5.75 Å². The Bertz CT molecular complexity index is 615. The van der Waals surface area contributed by atoms with Crippen molar-refractivity contribution in [3.05, 3.63) is 11.8 Å². The van der Waals surface area contributed by atoms with E-state index in [0.717, 1.165) is 4.90 Å². The second kappa shape index (κ2) is 5.05. The van der Waals surface area contributed by atoms with Gasteiger partial charge >= 0.3 is 5.97 Å². The van der Waals surface area contributed by atoms with E-state index in [-0.39, 0.29) is 5.70 Å². The number of hydrogen-bond acceptors (Lipinski definition) is 6. The summed E-state index contributed by atoms with van der Waals surface area (Å²) < 4.78 is 20.6. The minimum atomic E-state index is -2.65. The number of thioether (sulfide) groups is 1. The Morgan fingerprint density at radius 1 is 1.53 bits per heavy atom. The van der Waals surface area contributed by atoms with E-state index in [9.17, 15) is 22.8 Å². The van der Waals surface area contributed by atoms with Crippen molar-refractivity contribution in [1.29, 1.82) is 0 Å². The van der Waals surface area contributed by atoms with Crippen molar-refractivity contribution in [2.24, 2.45) is 0 Å². The van der Waals surface area contributed by atoms with Gasteiger partial charge in [-0.15, -0.1) is 11.8 Å². The highest BCUT2D eigenvalue weighted by molar-refractivity contribution is 8.00. The van der Waals surface area contributed by atoms with E-state index in [4.69, 9.17) is 5.11 Å². The minimum absolute atomic E-state index is 0.115. The number of β-lactam (4-membered cyclic amide) rings is 1. The smallest absolute Gasteiger partial charge is 0.352 e. The first kappa shape index (κ1) is 13.6. The van der Waals surface area contributed by atoms with Gasteiger partial charge in [0.2, 0.25) is 10.3 Å². The number of carbonyl (C=O) groups excluding carboxylic acids is 2. The molecule has 1 saturated heterocycles. The Labute approximate surface area is 113 Å². The Hall–Kier alpha value is -1.81. The molecule has 0 aromatic rings. The molecule has 1 unspecified atom stereocenters. The number of hydrogen-bond donors (Lipinski definition) is 2. The molecule has 0 bridgehead atoms. The molecular formula is C9H8N2O6S2. The number of nitrogens with one attached hydrogen (secondary N) is 1. The van der Waals surface area contributed by atoms with Crippen LogP contribution < -0.4 is 5.32 Å². The number of amides is 2. The first-order chi connectivity index (χ1) is 8.91. The molecule has 1 fully saturated rings. The van der Waals surface area contributed by atoms with Crippen LogP contribution in [0.25, 0.3) is 0 Å². The van der Waals surface area contributed by atoms with E-state index in [2.05, 4.69) is 5.32 Å². The van der Waals surface area contributed by atoms with Gasteiger partial charge < -0.3 is 10.4 Å². The van der Waals surface area contributed by atoms with Crippen molar-refractivity contribution < 1.29 is 27.9 Å². The van der Waals surface area contributed by atoms with E-state index < -0.39 is 39.5 Å². The lowest BCUT2D eigenvalue weighted by Gasteiger charge is -2.48. The molecule has 2 N–H and O–H groups in total. The van der Waals surface area contributed by atoms with E-state index >= 15 is 0 Å². The van der Waals surface area contributed by atoms with Gasteiger partial charge in [0.25, 0.3) is 11.8 Å². The maximum Gasteiger partial charge on any atom is 0.352 e. The lowest BCUT2D eigenvalue weighted by molar-refractivity contribution is -0.150. The van der Waals surface area contributed by atoms with Gasteiger partial charge in [0, 0.05) is 5.75 Å². The molecule has 2 atom stereocenters. The van der Waals surface area contributed by atoms with Crippen LogP contribution in [0.5, 0.6) is 0 Å². The molecule has 0 spiro atoms. The molecular weight excluding hydrogens is 296 g/mol. The first-order valence-electron chi connectivity index (χ1n) is 5.03. The highest BCUT2D eigenvalue weighted by Crippen LogP contribution is 2.37. The Morgan fingerprint density at radius 2 is 2.21 bits per heavy atom. The summed E-state index contributed by atoms with van der Waals surface area (Å²) in [5.41, 5.74) is -0.115. The molecule has 8 nitrogen and oxygen atoms in total. The molecule has 19 heavy (non-hydrogen) atoms. The van der Waals surface area contributed by atoms with Gasteiger partial charge in [0.1, 0.15) is 22.5 Å². The largest absolute Gasteiger partial charge is 0.477 e. The maximum atomic E-state index is 11.8. The second-order valence-electron chi connectivity index (χ2n) is 3.69. The van der Waals surface area contributed by atoms with Crippen LogP contribution in [0.1, 0.15) is 0 Å². The number of rotatable bonds is 3. The fourth-order valence-corrected chi connectivity index (χ4v) is 3.25. The van der Waals surface area contributed by atoms with Gasteiger partial charge in [-0.1, -0.05) is 0 Å². The van der Waals surface area contributed by atoms with E-state index in [1.165, 1.54) is 17.8 Å². The van der Waals surface area contributed by atoms with Gasteiger partial charge in [-0.2, -0.15) is 8.42 Å². The fourth-order valence-electron chi connectivity index (χ4n) is 1.81. The average molecular weight is 304 g/mol. The molecule has 0 saturated carbocycles. The topological polar surface area (TPSA) is 121 Å². The van der Waals surface area contributed by atoms with Crippen LogP contribution in [-0.4, -0.2) is 58.7 Å². The lowest BCUT2D eigenvalue weighted by atomic mass is 10.1. The zero-order valence-electron chi connectivity index (χ0n) is 9.27. The summed E-state index contributed by atoms with van der Waals surface area (Å²) in [5, 5.41) is 11.1. The molecule has 2 amide bonds. The monoisotopic (exact) mass is 304 g/mol. The molecule has 2 aliphatic heterocycles. The number of aliphatic carboxylic acids is 1. The molecule has 2 heterocycles. The number of carboxylic acids is 1. The van der Waals surface area contributed by atoms with Gasteiger partial charge in [-0.05, 0) is 6.08 Å². The van der Waals surface area contributed by atoms with Crippen LogP contribution in [0.2, 0.25) is 0 Å². The summed E-state index contributed by atoms with van der Waals surface area (Å²) in [6.07, 6.45) is 1.41. The molecule has 2 rings (SSSR count). The summed E-state index contributed by atoms with van der Waals surface area (Å²) in [6.45, 7) is 0. The second-order valence-corrected chi connectivity index (χ2v) is 5.60. The lowest BCUT2D eigenvalue weighted by Crippen LogP contribution is -2.70. The van der Waals surface area contributed by atoms with E-state index in [1.54, 1.807) is 0 Å². The molecule has 0 aromatic heterocycles. The van der Waals surface area contributed by atoms with Crippen LogP contribution in [0.4, 0.5) is 0 Å². The molecule has 0 radical (unpaired) electrons. The molecule has 0 aromatic carbocycles. The van der Waals surface area contributed by atoms with Crippen molar-refractivity contribution >= 4 is 45.2 Å². The highest BCUT2D eigenvalue weighted by Gasteiger charge is 2.52. The van der Waals surface area contributed by atoms with E-state index in [0.29, 0.717) is 11.1 Å². The van der Waals surface area contributed by atoms with E-state index in [1.807, 2.05) is 0 Å². The fraction of sp³-hybridized carbons (Fsp3) is 0.333.